The van der Waals surface area contributed by atoms with Crippen LogP contribution in [0.5, 0.6) is 0 Å². The second kappa shape index (κ2) is 3.76. The molecular formula is C10H12BrN. The van der Waals surface area contributed by atoms with E-state index in [1.807, 2.05) is 13.1 Å². The fraction of sp³-hybridized carbons (Fsp3) is 0.200. The highest BCUT2D eigenvalue weighted by atomic mass is 79.9. The van der Waals surface area contributed by atoms with Gasteiger partial charge in [-0.25, -0.2) is 0 Å². The maximum Gasteiger partial charge on any atom is 0.0422 e. The minimum atomic E-state index is 1.10. The van der Waals surface area contributed by atoms with Crippen LogP contribution < -0.4 is 5.32 Å². The molecule has 2 heteroatoms. The van der Waals surface area contributed by atoms with Crippen molar-refractivity contribution in [3.63, 3.8) is 0 Å². The number of nitrogens with one attached hydrogen (secondary N) is 1. The van der Waals surface area contributed by atoms with E-state index in [4.69, 9.17) is 0 Å². The molecule has 12 heavy (non-hydrogen) atoms. The van der Waals surface area contributed by atoms with Crippen LogP contribution in [-0.2, 0) is 0 Å². The highest BCUT2D eigenvalue weighted by molar-refractivity contribution is 9.10. The quantitative estimate of drug-likeness (QED) is 0.814. The Morgan fingerprint density at radius 2 is 2.17 bits per heavy atom. The predicted molar refractivity (Wildman–Crippen MR) is 58.5 cm³/mol. The van der Waals surface area contributed by atoms with Gasteiger partial charge in [-0.2, -0.15) is 0 Å². The van der Waals surface area contributed by atoms with Gasteiger partial charge in [-0.15, -0.1) is 0 Å². The molecule has 0 bridgehead atoms. The highest BCUT2D eigenvalue weighted by Crippen LogP contribution is 2.28. The Labute approximate surface area is 81.6 Å². The Morgan fingerprint density at radius 3 is 2.67 bits per heavy atom. The zero-order valence-corrected chi connectivity index (χ0v) is 8.90. The van der Waals surface area contributed by atoms with E-state index in [1.54, 1.807) is 0 Å². The fourth-order valence-corrected chi connectivity index (χ4v) is 1.63. The third-order valence-corrected chi connectivity index (χ3v) is 2.90. The van der Waals surface area contributed by atoms with Gasteiger partial charge in [0.2, 0.25) is 0 Å². The Bertz CT molecular complexity index is 305. The van der Waals surface area contributed by atoms with Crippen molar-refractivity contribution in [3.05, 3.63) is 34.3 Å². The van der Waals surface area contributed by atoms with E-state index in [-0.39, 0.29) is 0 Å². The molecule has 0 saturated heterocycles. The van der Waals surface area contributed by atoms with E-state index >= 15 is 0 Å². The average molecular weight is 226 g/mol. The van der Waals surface area contributed by atoms with Gasteiger partial charge in [0, 0.05) is 22.8 Å². The first kappa shape index (κ1) is 9.33. The van der Waals surface area contributed by atoms with Gasteiger partial charge < -0.3 is 5.32 Å². The molecule has 1 rings (SSSR count). The Kier molecular flexibility index (Phi) is 2.93. The molecule has 0 aromatic heterocycles. The van der Waals surface area contributed by atoms with Crippen LogP contribution in [0.4, 0.5) is 5.69 Å². The average Bonchev–Trinajstić information content (AvgIpc) is 2.09. The van der Waals surface area contributed by atoms with Gasteiger partial charge in [0.15, 0.2) is 0 Å². The Morgan fingerprint density at radius 1 is 1.50 bits per heavy atom. The highest BCUT2D eigenvalue weighted by Gasteiger charge is 2.03. The van der Waals surface area contributed by atoms with Crippen molar-refractivity contribution >= 4 is 27.7 Å². The van der Waals surface area contributed by atoms with Gasteiger partial charge in [0.05, 0.1) is 0 Å². The summed E-state index contributed by atoms with van der Waals surface area (Å²) in [5.41, 5.74) is 3.45. The Hall–Kier alpha value is -0.760. The van der Waals surface area contributed by atoms with Crippen LogP contribution in [0.2, 0.25) is 0 Å². The first-order valence-electron chi connectivity index (χ1n) is 3.80. The fourth-order valence-electron chi connectivity index (χ4n) is 1.12. The summed E-state index contributed by atoms with van der Waals surface area (Å²) in [5, 5.41) is 3.11. The number of aryl methyl sites for hydroxylation is 1. The second-order valence-electron chi connectivity index (χ2n) is 2.61. The zero-order chi connectivity index (χ0) is 9.14. The summed E-state index contributed by atoms with van der Waals surface area (Å²) >= 11 is 3.52. The standard InChI is InChI=1S/C10H12BrN/c1-4-8-9(12-3)6-5-7(2)10(8)11/h4-6,12H,1H2,2-3H3. The van der Waals surface area contributed by atoms with E-state index in [0.717, 1.165) is 15.7 Å². The number of benzene rings is 1. The van der Waals surface area contributed by atoms with Gasteiger partial charge >= 0.3 is 0 Å². The van der Waals surface area contributed by atoms with Crippen LogP contribution in [-0.4, -0.2) is 7.05 Å². The molecular weight excluding hydrogens is 214 g/mol. The number of anilines is 1. The molecule has 64 valence electrons. The van der Waals surface area contributed by atoms with E-state index in [9.17, 15) is 0 Å². The first-order valence-corrected chi connectivity index (χ1v) is 4.59. The van der Waals surface area contributed by atoms with Crippen molar-refractivity contribution in [3.8, 4) is 0 Å². The molecule has 0 fully saturated rings. The first-order chi connectivity index (χ1) is 5.70. The van der Waals surface area contributed by atoms with Crippen molar-refractivity contribution in [1.82, 2.24) is 0 Å². The molecule has 0 saturated carbocycles. The van der Waals surface area contributed by atoms with Gasteiger partial charge in [-0.1, -0.05) is 18.7 Å². The molecule has 1 aromatic carbocycles. The molecule has 1 aromatic rings. The predicted octanol–water partition coefficient (Wildman–Crippen LogP) is 3.44. The van der Waals surface area contributed by atoms with Crippen LogP contribution in [0.15, 0.2) is 23.2 Å². The summed E-state index contributed by atoms with van der Waals surface area (Å²) in [7, 11) is 1.91. The number of halogens is 1. The lowest BCUT2D eigenvalue weighted by molar-refractivity contribution is 1.39. The van der Waals surface area contributed by atoms with Crippen LogP contribution in [0, 0.1) is 6.92 Å². The van der Waals surface area contributed by atoms with Crippen LogP contribution in [0.1, 0.15) is 11.1 Å². The van der Waals surface area contributed by atoms with E-state index in [1.165, 1.54) is 5.56 Å². The summed E-state index contributed by atoms with van der Waals surface area (Å²) in [6, 6.07) is 4.13. The van der Waals surface area contributed by atoms with Gasteiger partial charge in [0.1, 0.15) is 0 Å². The molecule has 0 atom stereocenters. The summed E-state index contributed by atoms with van der Waals surface area (Å²) in [4.78, 5) is 0. The SMILES string of the molecule is C=Cc1c(NC)ccc(C)c1Br. The maximum atomic E-state index is 3.77. The molecule has 1 N–H and O–H groups in total. The van der Waals surface area contributed by atoms with Gasteiger partial charge in [-0.05, 0) is 34.5 Å². The van der Waals surface area contributed by atoms with Crippen molar-refractivity contribution in [2.75, 3.05) is 12.4 Å². The Balaban J connectivity index is 3.35. The third kappa shape index (κ3) is 1.53. The molecule has 0 aliphatic heterocycles. The summed E-state index contributed by atoms with van der Waals surface area (Å²) in [5.74, 6) is 0. The molecule has 0 aliphatic rings. The lowest BCUT2D eigenvalue weighted by Crippen LogP contribution is -1.93. The van der Waals surface area contributed by atoms with E-state index in [2.05, 4.69) is 46.9 Å². The van der Waals surface area contributed by atoms with Crippen molar-refractivity contribution in [2.45, 2.75) is 6.92 Å². The molecule has 0 heterocycles. The normalized spacial score (nSPS) is 9.58. The molecule has 0 aliphatic carbocycles. The number of hydrogen-bond acceptors (Lipinski definition) is 1. The van der Waals surface area contributed by atoms with E-state index < -0.39 is 0 Å². The number of hydrogen-bond donors (Lipinski definition) is 1. The molecule has 0 amide bonds. The molecule has 1 nitrogen and oxygen atoms in total. The van der Waals surface area contributed by atoms with Crippen molar-refractivity contribution in [1.29, 1.82) is 0 Å². The second-order valence-corrected chi connectivity index (χ2v) is 3.40. The molecule has 0 unspecified atom stereocenters. The largest absolute Gasteiger partial charge is 0.388 e. The van der Waals surface area contributed by atoms with Crippen LogP contribution >= 0.6 is 15.9 Å². The van der Waals surface area contributed by atoms with Gasteiger partial charge in [0.25, 0.3) is 0 Å². The summed E-state index contributed by atoms with van der Waals surface area (Å²) < 4.78 is 1.12. The minimum absolute atomic E-state index is 1.10. The maximum absolute atomic E-state index is 3.77. The van der Waals surface area contributed by atoms with Crippen molar-refractivity contribution < 1.29 is 0 Å². The topological polar surface area (TPSA) is 12.0 Å². The van der Waals surface area contributed by atoms with Crippen LogP contribution in [0.3, 0.4) is 0 Å². The monoisotopic (exact) mass is 225 g/mol. The van der Waals surface area contributed by atoms with Crippen LogP contribution in [0.25, 0.3) is 6.08 Å². The number of rotatable bonds is 2. The van der Waals surface area contributed by atoms with E-state index in [0.29, 0.717) is 0 Å². The zero-order valence-electron chi connectivity index (χ0n) is 7.32. The molecule has 0 radical (unpaired) electrons. The minimum Gasteiger partial charge on any atom is -0.388 e. The van der Waals surface area contributed by atoms with Crippen molar-refractivity contribution in [2.24, 2.45) is 0 Å². The smallest absolute Gasteiger partial charge is 0.0422 e. The third-order valence-electron chi connectivity index (χ3n) is 1.85. The summed E-state index contributed by atoms with van der Waals surface area (Å²) in [6.07, 6.45) is 1.85. The van der Waals surface area contributed by atoms with Gasteiger partial charge in [-0.3, -0.25) is 0 Å². The lowest BCUT2D eigenvalue weighted by Gasteiger charge is -2.09. The molecule has 0 spiro atoms. The summed E-state index contributed by atoms with van der Waals surface area (Å²) in [6.45, 7) is 5.84. The lowest BCUT2D eigenvalue weighted by atomic mass is 10.1.